The Morgan fingerprint density at radius 2 is 1.48 bits per heavy atom. The number of ether oxygens (including phenoxy) is 3. The predicted molar refractivity (Wildman–Crippen MR) is 87.6 cm³/mol. The highest BCUT2D eigenvalue weighted by molar-refractivity contribution is 6.43. The lowest BCUT2D eigenvalue weighted by Crippen LogP contribution is -2.29. The molecule has 2 aromatic rings. The Morgan fingerprint density at radius 1 is 0.880 bits per heavy atom. The van der Waals surface area contributed by atoms with E-state index in [1.54, 1.807) is 18.2 Å². The molecule has 0 aliphatic carbocycles. The summed E-state index contributed by atoms with van der Waals surface area (Å²) >= 11 is 0. The lowest BCUT2D eigenvalue weighted by Gasteiger charge is -2.07. The molecular weight excluding hydrogens is 328 g/mol. The second-order valence-electron chi connectivity index (χ2n) is 5.05. The van der Waals surface area contributed by atoms with Crippen molar-refractivity contribution in [3.05, 3.63) is 48.0 Å². The van der Waals surface area contributed by atoms with Crippen LogP contribution >= 0.6 is 0 Å². The topological polar surface area (TPSA) is 103 Å². The van der Waals surface area contributed by atoms with Crippen LogP contribution in [-0.2, 0) is 14.3 Å². The van der Waals surface area contributed by atoms with E-state index < -0.39 is 17.8 Å². The van der Waals surface area contributed by atoms with Gasteiger partial charge in [-0.05, 0) is 36.4 Å². The molecule has 1 aliphatic heterocycles. The zero-order chi connectivity index (χ0) is 17.8. The Hall–Kier alpha value is -3.55. The number of anilines is 2. The number of carbonyl (C=O) groups is 3. The van der Waals surface area contributed by atoms with Crippen LogP contribution in [0.15, 0.2) is 42.5 Å². The van der Waals surface area contributed by atoms with Crippen LogP contribution in [0, 0.1) is 0 Å². The summed E-state index contributed by atoms with van der Waals surface area (Å²) < 4.78 is 15.0. The van der Waals surface area contributed by atoms with Crippen LogP contribution in [-0.4, -0.2) is 31.7 Å². The van der Waals surface area contributed by atoms with Crippen LogP contribution in [0.2, 0.25) is 0 Å². The molecule has 0 spiro atoms. The third kappa shape index (κ3) is 3.69. The van der Waals surface area contributed by atoms with E-state index >= 15 is 0 Å². The lowest BCUT2D eigenvalue weighted by atomic mass is 10.2. The van der Waals surface area contributed by atoms with Crippen molar-refractivity contribution in [1.82, 2.24) is 0 Å². The molecular formula is C17H14N2O6. The van der Waals surface area contributed by atoms with Gasteiger partial charge in [-0.25, -0.2) is 4.79 Å². The lowest BCUT2D eigenvalue weighted by molar-refractivity contribution is -0.132. The fourth-order valence-corrected chi connectivity index (χ4v) is 2.16. The van der Waals surface area contributed by atoms with E-state index in [2.05, 4.69) is 15.4 Å². The van der Waals surface area contributed by atoms with Crippen molar-refractivity contribution < 1.29 is 28.6 Å². The average molecular weight is 342 g/mol. The van der Waals surface area contributed by atoms with E-state index in [0.717, 1.165) is 0 Å². The second kappa shape index (κ2) is 6.91. The summed E-state index contributed by atoms with van der Waals surface area (Å²) in [5, 5.41) is 4.91. The molecule has 2 N–H and O–H groups in total. The van der Waals surface area contributed by atoms with Gasteiger partial charge in [0.1, 0.15) is 0 Å². The van der Waals surface area contributed by atoms with Gasteiger partial charge in [0, 0.05) is 17.4 Å². The predicted octanol–water partition coefficient (Wildman–Crippen LogP) is 1.78. The number of carbonyl (C=O) groups excluding carboxylic acids is 3. The summed E-state index contributed by atoms with van der Waals surface area (Å²) in [5.74, 6) is -1.09. The molecule has 2 aromatic carbocycles. The third-order valence-electron chi connectivity index (χ3n) is 3.40. The molecule has 0 saturated carbocycles. The number of fused-ring (bicyclic) bond motifs is 1. The molecule has 0 atom stereocenters. The van der Waals surface area contributed by atoms with Gasteiger partial charge in [0.15, 0.2) is 11.5 Å². The Morgan fingerprint density at radius 3 is 2.16 bits per heavy atom. The molecule has 0 unspecified atom stereocenters. The van der Waals surface area contributed by atoms with Gasteiger partial charge in [0.2, 0.25) is 6.79 Å². The molecule has 0 fully saturated rings. The minimum atomic E-state index is -0.844. The van der Waals surface area contributed by atoms with E-state index in [0.29, 0.717) is 28.4 Å². The van der Waals surface area contributed by atoms with Gasteiger partial charge < -0.3 is 24.8 Å². The van der Waals surface area contributed by atoms with Crippen LogP contribution in [0.4, 0.5) is 11.4 Å². The summed E-state index contributed by atoms with van der Waals surface area (Å²) in [6.07, 6.45) is 0. The quantitative estimate of drug-likeness (QED) is 0.651. The summed E-state index contributed by atoms with van der Waals surface area (Å²) in [5.41, 5.74) is 1.12. The number of nitrogens with one attached hydrogen (secondary N) is 2. The number of rotatable bonds is 3. The van der Waals surface area contributed by atoms with E-state index in [-0.39, 0.29) is 6.79 Å². The van der Waals surface area contributed by atoms with Gasteiger partial charge in [-0.2, -0.15) is 0 Å². The van der Waals surface area contributed by atoms with Crippen molar-refractivity contribution in [2.75, 3.05) is 24.5 Å². The van der Waals surface area contributed by atoms with Gasteiger partial charge in [-0.3, -0.25) is 9.59 Å². The van der Waals surface area contributed by atoms with Gasteiger partial charge in [-0.15, -0.1) is 0 Å². The smallest absolute Gasteiger partial charge is 0.337 e. The van der Waals surface area contributed by atoms with Gasteiger partial charge in [0.25, 0.3) is 0 Å². The zero-order valence-electron chi connectivity index (χ0n) is 13.2. The van der Waals surface area contributed by atoms with Gasteiger partial charge >= 0.3 is 17.8 Å². The Balaban J connectivity index is 1.61. The molecule has 3 rings (SSSR count). The number of methoxy groups -OCH3 is 1. The number of hydrogen-bond acceptors (Lipinski definition) is 6. The highest BCUT2D eigenvalue weighted by atomic mass is 16.7. The van der Waals surface area contributed by atoms with Crippen molar-refractivity contribution in [2.24, 2.45) is 0 Å². The Labute approximate surface area is 142 Å². The Kier molecular flexibility index (Phi) is 4.51. The van der Waals surface area contributed by atoms with Crippen LogP contribution in [0.3, 0.4) is 0 Å². The van der Waals surface area contributed by atoms with Crippen molar-refractivity contribution in [3.63, 3.8) is 0 Å². The monoisotopic (exact) mass is 342 g/mol. The first kappa shape index (κ1) is 16.3. The first-order valence-corrected chi connectivity index (χ1v) is 7.27. The molecule has 2 amide bonds. The van der Waals surface area contributed by atoms with Gasteiger partial charge in [0.05, 0.1) is 12.7 Å². The fraction of sp³-hybridized carbons (Fsp3) is 0.118. The van der Waals surface area contributed by atoms with Crippen molar-refractivity contribution in [1.29, 1.82) is 0 Å². The standard InChI is InChI=1S/C17H14N2O6/c1-23-17(22)10-2-4-11(5-3-10)18-15(20)16(21)19-12-6-7-13-14(8-12)25-9-24-13/h2-8H,9H2,1H3,(H,18,20)(H,19,21). The molecule has 1 heterocycles. The zero-order valence-corrected chi connectivity index (χ0v) is 13.2. The molecule has 0 bridgehead atoms. The number of benzene rings is 2. The molecule has 0 aromatic heterocycles. The van der Waals surface area contributed by atoms with E-state index in [1.807, 2.05) is 0 Å². The first-order valence-electron chi connectivity index (χ1n) is 7.27. The van der Waals surface area contributed by atoms with Crippen molar-refractivity contribution in [2.45, 2.75) is 0 Å². The molecule has 0 radical (unpaired) electrons. The summed E-state index contributed by atoms with van der Waals surface area (Å²) in [7, 11) is 1.28. The van der Waals surface area contributed by atoms with E-state index in [1.165, 1.54) is 31.4 Å². The number of amides is 2. The average Bonchev–Trinajstić information content (AvgIpc) is 3.09. The Bertz CT molecular complexity index is 832. The summed E-state index contributed by atoms with van der Waals surface area (Å²) in [6, 6.07) is 10.8. The molecule has 8 heteroatoms. The highest BCUT2D eigenvalue weighted by Crippen LogP contribution is 2.34. The normalized spacial score (nSPS) is 11.6. The van der Waals surface area contributed by atoms with Gasteiger partial charge in [-0.1, -0.05) is 0 Å². The minimum absolute atomic E-state index is 0.120. The maximum absolute atomic E-state index is 12.0. The number of esters is 1. The molecule has 25 heavy (non-hydrogen) atoms. The van der Waals surface area contributed by atoms with E-state index in [4.69, 9.17) is 9.47 Å². The van der Waals surface area contributed by atoms with Crippen LogP contribution < -0.4 is 20.1 Å². The molecule has 8 nitrogen and oxygen atoms in total. The second-order valence-corrected chi connectivity index (χ2v) is 5.05. The largest absolute Gasteiger partial charge is 0.465 e. The van der Waals surface area contributed by atoms with Crippen molar-refractivity contribution in [3.8, 4) is 11.5 Å². The van der Waals surface area contributed by atoms with E-state index in [9.17, 15) is 14.4 Å². The SMILES string of the molecule is COC(=O)c1ccc(NC(=O)C(=O)Nc2ccc3c(c2)OCO3)cc1. The maximum Gasteiger partial charge on any atom is 0.337 e. The van der Waals surface area contributed by atoms with Crippen LogP contribution in [0.1, 0.15) is 10.4 Å². The van der Waals surface area contributed by atoms with Crippen LogP contribution in [0.5, 0.6) is 11.5 Å². The minimum Gasteiger partial charge on any atom is -0.465 e. The maximum atomic E-state index is 12.0. The van der Waals surface area contributed by atoms with Crippen LogP contribution in [0.25, 0.3) is 0 Å². The number of hydrogen-bond donors (Lipinski definition) is 2. The summed E-state index contributed by atoms with van der Waals surface area (Å²) in [4.78, 5) is 35.3. The molecule has 1 aliphatic rings. The first-order chi connectivity index (χ1) is 12.1. The highest BCUT2D eigenvalue weighted by Gasteiger charge is 2.17. The van der Waals surface area contributed by atoms with Crippen molar-refractivity contribution >= 4 is 29.2 Å². The summed E-state index contributed by atoms with van der Waals surface area (Å²) in [6.45, 7) is 0.120. The molecule has 0 saturated heterocycles. The molecule has 128 valence electrons. The fourth-order valence-electron chi connectivity index (χ4n) is 2.16. The third-order valence-corrected chi connectivity index (χ3v) is 3.40.